The minimum Gasteiger partial charge on any atom is -0.484 e. The zero-order chi connectivity index (χ0) is 12.8. The fourth-order valence-electron chi connectivity index (χ4n) is 1.39. The number of likely N-dealkylation sites (N-methyl/N-ethyl adjacent to an activating group) is 1. The van der Waals surface area contributed by atoms with E-state index in [0.717, 1.165) is 0 Å². The van der Waals surface area contributed by atoms with Crippen molar-refractivity contribution in [2.45, 2.75) is 25.8 Å². The van der Waals surface area contributed by atoms with E-state index in [2.05, 4.69) is 12.2 Å². The van der Waals surface area contributed by atoms with Crippen molar-refractivity contribution in [2.75, 3.05) is 13.7 Å². The monoisotopic (exact) mass is 236 g/mol. The lowest BCUT2D eigenvalue weighted by Gasteiger charge is -2.16. The maximum atomic E-state index is 11.0. The van der Waals surface area contributed by atoms with Gasteiger partial charge in [-0.05, 0) is 30.5 Å². The van der Waals surface area contributed by atoms with Crippen molar-refractivity contribution in [3.8, 4) is 5.75 Å². The molecule has 0 spiro atoms. The summed E-state index contributed by atoms with van der Waals surface area (Å²) in [4.78, 5) is 11.0. The van der Waals surface area contributed by atoms with E-state index in [1.165, 1.54) is 5.56 Å². The van der Waals surface area contributed by atoms with E-state index < -0.39 is 0 Å². The third-order valence-electron chi connectivity index (χ3n) is 2.84. The molecule has 0 aromatic heterocycles. The smallest absolute Gasteiger partial charge is 0.257 e. The first-order valence-electron chi connectivity index (χ1n) is 5.73. The molecule has 0 bridgehead atoms. The minimum atomic E-state index is -0.141. The molecule has 0 saturated carbocycles. The van der Waals surface area contributed by atoms with Gasteiger partial charge in [-0.3, -0.25) is 4.79 Å². The van der Waals surface area contributed by atoms with E-state index in [4.69, 9.17) is 10.5 Å². The molecule has 0 aliphatic rings. The topological polar surface area (TPSA) is 64.3 Å². The van der Waals surface area contributed by atoms with Crippen LogP contribution in [0.1, 0.15) is 25.3 Å². The summed E-state index contributed by atoms with van der Waals surface area (Å²) in [6.07, 6.45) is 0. The van der Waals surface area contributed by atoms with Gasteiger partial charge in [0.05, 0.1) is 0 Å². The van der Waals surface area contributed by atoms with Crippen LogP contribution in [0, 0.1) is 0 Å². The summed E-state index contributed by atoms with van der Waals surface area (Å²) in [5.41, 5.74) is 7.01. The Hall–Kier alpha value is -1.55. The van der Waals surface area contributed by atoms with Gasteiger partial charge in [0.2, 0.25) is 0 Å². The Bertz CT molecular complexity index is 360. The molecule has 2 unspecified atom stereocenters. The number of carbonyl (C=O) groups is 1. The maximum absolute atomic E-state index is 11.0. The maximum Gasteiger partial charge on any atom is 0.257 e. The molecular weight excluding hydrogens is 216 g/mol. The highest BCUT2D eigenvalue weighted by Crippen LogP contribution is 2.21. The summed E-state index contributed by atoms with van der Waals surface area (Å²) in [5.74, 6) is 0.857. The Kier molecular flexibility index (Phi) is 4.97. The van der Waals surface area contributed by atoms with Gasteiger partial charge in [-0.15, -0.1) is 0 Å². The van der Waals surface area contributed by atoms with Gasteiger partial charge in [0, 0.05) is 13.1 Å². The molecule has 3 N–H and O–H groups in total. The number of nitrogens with one attached hydrogen (secondary N) is 1. The predicted octanol–water partition coefficient (Wildman–Crippen LogP) is 1.26. The molecule has 1 amide bonds. The molecule has 0 aliphatic carbocycles. The van der Waals surface area contributed by atoms with E-state index in [1.54, 1.807) is 7.05 Å². The molecule has 0 fully saturated rings. The van der Waals surface area contributed by atoms with Crippen LogP contribution in [0.5, 0.6) is 5.75 Å². The molecule has 2 atom stereocenters. The summed E-state index contributed by atoms with van der Waals surface area (Å²) in [6, 6.07) is 7.79. The molecule has 94 valence electrons. The van der Waals surface area contributed by atoms with Gasteiger partial charge in [-0.2, -0.15) is 0 Å². The van der Waals surface area contributed by atoms with Crippen LogP contribution in [0.15, 0.2) is 24.3 Å². The van der Waals surface area contributed by atoms with Crippen LogP contribution < -0.4 is 15.8 Å². The molecule has 0 aliphatic heterocycles. The predicted molar refractivity (Wildman–Crippen MR) is 68.1 cm³/mol. The summed E-state index contributed by atoms with van der Waals surface area (Å²) >= 11 is 0. The highest BCUT2D eigenvalue weighted by Gasteiger charge is 2.10. The molecule has 1 aromatic rings. The van der Waals surface area contributed by atoms with Crippen molar-refractivity contribution in [2.24, 2.45) is 5.73 Å². The summed E-state index contributed by atoms with van der Waals surface area (Å²) < 4.78 is 5.31. The average Bonchev–Trinajstić information content (AvgIpc) is 2.35. The highest BCUT2D eigenvalue weighted by molar-refractivity contribution is 5.77. The van der Waals surface area contributed by atoms with Gasteiger partial charge in [-0.1, -0.05) is 19.1 Å². The van der Waals surface area contributed by atoms with Gasteiger partial charge in [0.25, 0.3) is 5.91 Å². The number of nitrogens with two attached hydrogens (primary N) is 1. The molecule has 17 heavy (non-hydrogen) atoms. The lowest BCUT2D eigenvalue weighted by molar-refractivity contribution is -0.122. The number of hydrogen-bond acceptors (Lipinski definition) is 3. The minimum absolute atomic E-state index is 0.0404. The van der Waals surface area contributed by atoms with E-state index >= 15 is 0 Å². The Morgan fingerprint density at radius 2 is 1.94 bits per heavy atom. The number of amides is 1. The molecule has 4 nitrogen and oxygen atoms in total. The molecule has 0 saturated heterocycles. The largest absolute Gasteiger partial charge is 0.484 e. The van der Waals surface area contributed by atoms with E-state index in [1.807, 2.05) is 31.2 Å². The number of hydrogen-bond donors (Lipinski definition) is 2. The van der Waals surface area contributed by atoms with Crippen molar-refractivity contribution >= 4 is 5.91 Å². The summed E-state index contributed by atoms with van der Waals surface area (Å²) in [5, 5.41) is 2.50. The van der Waals surface area contributed by atoms with E-state index in [9.17, 15) is 4.79 Å². The fraction of sp³-hybridized carbons (Fsp3) is 0.462. The van der Waals surface area contributed by atoms with E-state index in [-0.39, 0.29) is 18.6 Å². The van der Waals surface area contributed by atoms with Crippen LogP contribution in [0.4, 0.5) is 0 Å². The van der Waals surface area contributed by atoms with Crippen molar-refractivity contribution in [3.63, 3.8) is 0 Å². The number of rotatable bonds is 5. The van der Waals surface area contributed by atoms with Gasteiger partial charge in [-0.25, -0.2) is 0 Å². The Labute approximate surface area is 102 Å². The first-order chi connectivity index (χ1) is 8.04. The second-order valence-corrected chi connectivity index (χ2v) is 4.18. The molecule has 0 radical (unpaired) electrons. The van der Waals surface area contributed by atoms with Crippen molar-refractivity contribution in [1.29, 1.82) is 0 Å². The van der Waals surface area contributed by atoms with Gasteiger partial charge >= 0.3 is 0 Å². The van der Waals surface area contributed by atoms with Gasteiger partial charge in [0.15, 0.2) is 6.61 Å². The Morgan fingerprint density at radius 3 is 2.41 bits per heavy atom. The van der Waals surface area contributed by atoms with Crippen molar-refractivity contribution < 1.29 is 9.53 Å². The van der Waals surface area contributed by atoms with Crippen molar-refractivity contribution in [3.05, 3.63) is 29.8 Å². The van der Waals surface area contributed by atoms with Crippen molar-refractivity contribution in [1.82, 2.24) is 5.32 Å². The highest BCUT2D eigenvalue weighted by atomic mass is 16.5. The normalized spacial score (nSPS) is 13.9. The lowest BCUT2D eigenvalue weighted by Crippen LogP contribution is -2.24. The summed E-state index contributed by atoms with van der Waals surface area (Å²) in [7, 11) is 1.58. The van der Waals surface area contributed by atoms with Gasteiger partial charge < -0.3 is 15.8 Å². The van der Waals surface area contributed by atoms with Crippen LogP contribution in [-0.4, -0.2) is 25.6 Å². The first-order valence-corrected chi connectivity index (χ1v) is 5.73. The Morgan fingerprint density at radius 1 is 1.35 bits per heavy atom. The molecule has 1 aromatic carbocycles. The molecule has 4 heteroatoms. The molecular formula is C13H20N2O2. The Balaban J connectivity index is 2.59. The van der Waals surface area contributed by atoms with E-state index in [0.29, 0.717) is 11.7 Å². The third kappa shape index (κ3) is 4.07. The number of benzene rings is 1. The van der Waals surface area contributed by atoms with Crippen LogP contribution in [0.25, 0.3) is 0 Å². The second kappa shape index (κ2) is 6.25. The second-order valence-electron chi connectivity index (χ2n) is 4.18. The molecule has 1 rings (SSSR count). The lowest BCUT2D eigenvalue weighted by atomic mass is 9.95. The number of carbonyl (C=O) groups excluding carboxylic acids is 1. The van der Waals surface area contributed by atoms with Crippen LogP contribution in [-0.2, 0) is 4.79 Å². The first kappa shape index (κ1) is 13.5. The summed E-state index contributed by atoms with van der Waals surface area (Å²) in [6.45, 7) is 4.12. The quantitative estimate of drug-likeness (QED) is 0.809. The van der Waals surface area contributed by atoms with Crippen LogP contribution in [0.2, 0.25) is 0 Å². The zero-order valence-electron chi connectivity index (χ0n) is 10.6. The SMILES string of the molecule is CNC(=O)COc1ccc(C(C)C(C)N)cc1. The third-order valence-corrected chi connectivity index (χ3v) is 2.84. The average molecular weight is 236 g/mol. The fourth-order valence-corrected chi connectivity index (χ4v) is 1.39. The zero-order valence-corrected chi connectivity index (χ0v) is 10.6. The van der Waals surface area contributed by atoms with Crippen LogP contribution >= 0.6 is 0 Å². The molecule has 0 heterocycles. The van der Waals surface area contributed by atoms with Crippen LogP contribution in [0.3, 0.4) is 0 Å². The number of ether oxygens (including phenoxy) is 1. The van der Waals surface area contributed by atoms with Gasteiger partial charge in [0.1, 0.15) is 5.75 Å². The standard InChI is InChI=1S/C13H20N2O2/c1-9(10(2)14)11-4-6-12(7-5-11)17-8-13(16)15-3/h4-7,9-10H,8,14H2,1-3H3,(H,15,16).